The van der Waals surface area contributed by atoms with Crippen LogP contribution in [0.2, 0.25) is 26.2 Å². The molecule has 54 heavy (non-hydrogen) atoms. The van der Waals surface area contributed by atoms with Gasteiger partial charge in [-0.3, -0.25) is 0 Å². The third kappa shape index (κ3) is 14.7. The van der Waals surface area contributed by atoms with Crippen LogP contribution < -0.4 is 44.0 Å². The van der Waals surface area contributed by atoms with Crippen molar-refractivity contribution in [2.75, 3.05) is 0 Å². The second-order valence-corrected chi connectivity index (χ2v) is 23.1. The Morgan fingerprint density at radius 1 is 0.574 bits per heavy atom. The van der Waals surface area contributed by atoms with Gasteiger partial charge in [-0.15, -0.1) is 11.1 Å². The number of hydrogen-bond donors (Lipinski definition) is 0. The van der Waals surface area contributed by atoms with Crippen molar-refractivity contribution in [3.05, 3.63) is 106 Å². The molecule has 1 radical (unpaired) electrons. The van der Waals surface area contributed by atoms with Crippen LogP contribution in [-0.2, 0) is 62.7 Å². The molecule has 0 fully saturated rings. The first-order chi connectivity index (χ1) is 24.4. The van der Waals surface area contributed by atoms with E-state index in [1.54, 1.807) is 22.3 Å². The summed E-state index contributed by atoms with van der Waals surface area (Å²) in [5, 5.41) is 2.90. The van der Waals surface area contributed by atoms with Gasteiger partial charge in [0, 0.05) is 0 Å². The molecule has 0 atom stereocenters. The maximum atomic E-state index is 6.36. The fourth-order valence-electron chi connectivity index (χ4n) is 8.06. The minimum Gasteiger partial charge on any atom is -1.00 e. The summed E-state index contributed by atoms with van der Waals surface area (Å²) in [6.45, 7) is 23.2. The molecule has 2 aliphatic carbocycles. The zero-order valence-electron chi connectivity index (χ0n) is 35.2. The Kier molecular flexibility index (Phi) is 23.2. The second kappa shape index (κ2) is 24.6. The van der Waals surface area contributed by atoms with Crippen LogP contribution in [0.5, 0.6) is 11.5 Å². The fraction of sp³-hybridized carbons (Fsp3) is 0.522. The molecule has 2 nitrogen and oxygen atoms in total. The van der Waals surface area contributed by atoms with E-state index in [9.17, 15) is 0 Å². The average Bonchev–Trinajstić information content (AvgIpc) is 3.65. The smallest absolute Gasteiger partial charge is 1.00 e. The van der Waals surface area contributed by atoms with Crippen molar-refractivity contribution in [3.8, 4) is 11.5 Å². The van der Waals surface area contributed by atoms with Crippen molar-refractivity contribution >= 4 is 38.0 Å². The third-order valence-electron chi connectivity index (χ3n) is 10.5. The first-order valence-electron chi connectivity index (χ1n) is 20.3. The van der Waals surface area contributed by atoms with E-state index < -0.39 is 18.1 Å². The zero-order chi connectivity index (χ0) is 37.0. The van der Waals surface area contributed by atoms with Crippen molar-refractivity contribution in [3.63, 3.8) is 0 Å². The van der Waals surface area contributed by atoms with E-state index in [1.165, 1.54) is 110 Å². The van der Waals surface area contributed by atoms with Gasteiger partial charge in [0.1, 0.15) is 9.52 Å². The summed E-state index contributed by atoms with van der Waals surface area (Å²) in [6.07, 6.45) is 15.3. The van der Waals surface area contributed by atoms with Crippen LogP contribution in [0.1, 0.15) is 126 Å². The van der Waals surface area contributed by atoms with E-state index in [2.05, 4.69) is 141 Å². The van der Waals surface area contributed by atoms with Gasteiger partial charge < -0.3 is 33.7 Å². The topological polar surface area (TPSA) is 18.5 Å². The molecule has 0 unspecified atom stereocenters. The molecule has 295 valence electrons. The Hall–Kier alpha value is -1.15. The number of hydrogen-bond acceptors (Lipinski definition) is 2. The van der Waals surface area contributed by atoms with Crippen LogP contribution in [0.15, 0.2) is 72.8 Å². The molecule has 4 aromatic rings. The maximum absolute atomic E-state index is 6.36. The molecule has 2 aliphatic rings. The Labute approximate surface area is 368 Å². The molecule has 0 amide bonds. The molecule has 0 aromatic heterocycles. The van der Waals surface area contributed by atoms with E-state index in [4.69, 9.17) is 8.85 Å². The van der Waals surface area contributed by atoms with Gasteiger partial charge in [-0.1, -0.05) is 177 Å². The predicted molar refractivity (Wildman–Crippen MR) is 232 cm³/mol. The van der Waals surface area contributed by atoms with Gasteiger partial charge in [0.15, 0.2) is 0 Å². The number of aryl methyl sites for hydroxylation is 2. The minimum absolute atomic E-state index is 0. The fourth-order valence-corrected chi connectivity index (χ4v) is 10.8. The van der Waals surface area contributed by atoms with Gasteiger partial charge in [-0.05, 0) is 61.4 Å². The molecular weight excluding hydrogens is 831 g/mol. The summed E-state index contributed by atoms with van der Waals surface area (Å²) in [6, 6.07) is 26.3. The van der Waals surface area contributed by atoms with Gasteiger partial charge in [0.25, 0.3) is 0 Å². The van der Waals surface area contributed by atoms with E-state index in [1.807, 2.05) is 0 Å². The van der Waals surface area contributed by atoms with Crippen molar-refractivity contribution in [1.82, 2.24) is 0 Å². The van der Waals surface area contributed by atoms with Crippen LogP contribution in [0.25, 0.3) is 0 Å². The molecule has 8 heteroatoms. The van der Waals surface area contributed by atoms with Crippen molar-refractivity contribution < 1.29 is 59.9 Å². The van der Waals surface area contributed by atoms with Crippen LogP contribution in [0.4, 0.5) is 0 Å². The van der Waals surface area contributed by atoms with Crippen LogP contribution in [0.3, 0.4) is 0 Å². The average molecular weight is 900 g/mol. The Morgan fingerprint density at radius 2 is 0.907 bits per heavy atom. The van der Waals surface area contributed by atoms with Crippen molar-refractivity contribution in [2.24, 2.45) is 0 Å². The van der Waals surface area contributed by atoms with Gasteiger partial charge in [0.2, 0.25) is 18.1 Å². The Bertz CT molecular complexity index is 1490. The van der Waals surface area contributed by atoms with Gasteiger partial charge in [0.05, 0.1) is 0 Å². The molecule has 0 heterocycles. The second-order valence-electron chi connectivity index (χ2n) is 16.8. The summed E-state index contributed by atoms with van der Waals surface area (Å²) in [4.78, 5) is 0. The summed E-state index contributed by atoms with van der Waals surface area (Å²) in [5.74, 6) is 2.57. The number of fused-ring (bicyclic) bond motifs is 2. The maximum Gasteiger partial charge on any atom is 4.00 e. The van der Waals surface area contributed by atoms with Crippen molar-refractivity contribution in [1.29, 1.82) is 0 Å². The number of halogens is 2. The standard InChI is InChI=1S/2C17H29OSi.C12H11Si.2ClH.Zr/c2*1-6-11-17(2,3)15-12-13-9-7-8-10-14(13)16(15)18-19(4)5;1-3-7-11(8-4-1)13-12-9-5-2-6-10-12;;;/h2*12,19H,6-11H2,1-5H3;1-10,13H;2*1H;/q2*-1;;;;+4/p-2. The summed E-state index contributed by atoms with van der Waals surface area (Å²) >= 11 is 0. The predicted octanol–water partition coefficient (Wildman–Crippen LogP) is 4.53. The van der Waals surface area contributed by atoms with E-state index in [0.29, 0.717) is 0 Å². The summed E-state index contributed by atoms with van der Waals surface area (Å²) in [5.41, 5.74) is 9.74. The molecule has 0 aliphatic heterocycles. The molecular formula is C46H69Cl2O2Si3Zr. The van der Waals surface area contributed by atoms with Crippen LogP contribution in [0, 0.1) is 0 Å². The van der Waals surface area contributed by atoms with E-state index in [-0.39, 0.29) is 71.4 Å². The monoisotopic (exact) mass is 897 g/mol. The Morgan fingerprint density at radius 3 is 1.22 bits per heavy atom. The third-order valence-corrected chi connectivity index (χ3v) is 13.4. The summed E-state index contributed by atoms with van der Waals surface area (Å²) < 4.78 is 12.7. The summed E-state index contributed by atoms with van der Waals surface area (Å²) in [7, 11) is -1.79. The van der Waals surface area contributed by atoms with Gasteiger partial charge in [-0.25, -0.2) is 0 Å². The molecule has 0 saturated heterocycles. The molecule has 0 N–H and O–H groups in total. The van der Waals surface area contributed by atoms with Crippen molar-refractivity contribution in [2.45, 2.75) is 156 Å². The van der Waals surface area contributed by atoms with Crippen LogP contribution in [-0.4, -0.2) is 27.6 Å². The SMILES string of the molecule is CCCC(C)(C)c1[cH-]c2c(c1O[SiH](C)C)CCCC2.CCCC(C)(C)c1[cH-]c2c(c1O[SiH](C)C)CCCC2.[Cl-].[Cl-].[Zr+4].c1ccc([SiH]c2ccccc2)cc1. The quantitative estimate of drug-likeness (QED) is 0.154. The zero-order valence-corrected chi connectivity index (χ0v) is 42.7. The van der Waals surface area contributed by atoms with E-state index >= 15 is 0 Å². The Balaban J connectivity index is 0.000000401. The minimum atomic E-state index is -1.03. The number of benzene rings is 2. The van der Waals surface area contributed by atoms with Gasteiger partial charge >= 0.3 is 26.2 Å². The first-order valence-corrected chi connectivity index (χ1v) is 27.0. The first kappa shape index (κ1) is 50.9. The van der Waals surface area contributed by atoms with E-state index in [0.717, 1.165) is 0 Å². The van der Waals surface area contributed by atoms with Crippen LogP contribution >= 0.6 is 0 Å². The number of rotatable bonds is 12. The molecule has 6 rings (SSSR count). The molecule has 0 saturated carbocycles. The normalized spacial score (nSPS) is 13.4. The largest absolute Gasteiger partial charge is 4.00 e. The molecule has 0 bridgehead atoms. The molecule has 0 spiro atoms. The molecule has 4 aromatic carbocycles. The van der Waals surface area contributed by atoms with Gasteiger partial charge in [-0.2, -0.15) is 34.4 Å².